The second-order valence-electron chi connectivity index (χ2n) is 6.04. The number of nitrogens with zero attached hydrogens (tertiary/aromatic N) is 3. The molecule has 0 atom stereocenters. The van der Waals surface area contributed by atoms with Gasteiger partial charge in [-0.05, 0) is 42.3 Å². The molecule has 1 heterocycles. The molecule has 1 aromatic heterocycles. The van der Waals surface area contributed by atoms with Crippen molar-refractivity contribution in [2.45, 2.75) is 19.9 Å². The Morgan fingerprint density at radius 2 is 1.86 bits per heavy atom. The molecule has 8 nitrogen and oxygen atoms in total. The molecule has 0 aliphatic heterocycles. The van der Waals surface area contributed by atoms with Gasteiger partial charge in [-0.3, -0.25) is 9.59 Å². The molecule has 0 aliphatic carbocycles. The van der Waals surface area contributed by atoms with Crippen molar-refractivity contribution in [2.24, 2.45) is 0 Å². The molecule has 2 aromatic carbocycles. The predicted octanol–water partition coefficient (Wildman–Crippen LogP) is 2.45. The lowest BCUT2D eigenvalue weighted by molar-refractivity contribution is -0.116. The van der Waals surface area contributed by atoms with E-state index in [-0.39, 0.29) is 29.7 Å². The van der Waals surface area contributed by atoms with Crippen molar-refractivity contribution in [1.82, 2.24) is 15.0 Å². The number of amides is 2. The topological polar surface area (TPSA) is 115 Å². The van der Waals surface area contributed by atoms with Crippen molar-refractivity contribution in [2.75, 3.05) is 16.4 Å². The van der Waals surface area contributed by atoms with Crippen LogP contribution in [0.2, 0.25) is 0 Å². The first kappa shape index (κ1) is 19.0. The molecule has 4 N–H and O–H groups in total. The number of hydrogen-bond acceptors (Lipinski definition) is 5. The van der Waals surface area contributed by atoms with Gasteiger partial charge in [0.05, 0.1) is 0 Å². The quantitative estimate of drug-likeness (QED) is 0.606. The van der Waals surface area contributed by atoms with Crippen LogP contribution >= 0.6 is 0 Å². The normalized spacial score (nSPS) is 10.5. The van der Waals surface area contributed by atoms with E-state index in [1.165, 1.54) is 18.2 Å². The van der Waals surface area contributed by atoms with Gasteiger partial charge >= 0.3 is 0 Å². The Morgan fingerprint density at radius 1 is 1.11 bits per heavy atom. The number of hydrogen-bond donors (Lipinski definition) is 3. The number of nitrogens with one attached hydrogen (secondary N) is 2. The number of benzene rings is 2. The van der Waals surface area contributed by atoms with Gasteiger partial charge in [0, 0.05) is 11.4 Å². The maximum Gasteiger partial charge on any atom is 0.280 e. The van der Waals surface area contributed by atoms with Crippen LogP contribution in [-0.4, -0.2) is 26.8 Å². The van der Waals surface area contributed by atoms with Gasteiger partial charge in [-0.15, -0.1) is 5.10 Å². The van der Waals surface area contributed by atoms with Gasteiger partial charge in [-0.2, -0.15) is 0 Å². The van der Waals surface area contributed by atoms with Crippen molar-refractivity contribution < 1.29 is 14.0 Å². The molecular weight excluding hydrogens is 363 g/mol. The Bertz CT molecular complexity index is 1000. The van der Waals surface area contributed by atoms with E-state index in [0.717, 1.165) is 22.7 Å². The molecule has 0 fully saturated rings. The van der Waals surface area contributed by atoms with Gasteiger partial charge < -0.3 is 16.4 Å². The van der Waals surface area contributed by atoms with Gasteiger partial charge in [-0.25, -0.2) is 9.07 Å². The van der Waals surface area contributed by atoms with E-state index < -0.39 is 11.7 Å². The van der Waals surface area contributed by atoms with Crippen molar-refractivity contribution in [3.63, 3.8) is 0 Å². The summed E-state index contributed by atoms with van der Waals surface area (Å²) in [5, 5.41) is 12.7. The zero-order chi connectivity index (χ0) is 20.1. The minimum Gasteiger partial charge on any atom is -0.382 e. The Kier molecular flexibility index (Phi) is 5.64. The summed E-state index contributed by atoms with van der Waals surface area (Å²) in [7, 11) is 0. The second-order valence-corrected chi connectivity index (χ2v) is 6.04. The highest BCUT2D eigenvalue weighted by atomic mass is 19.1. The van der Waals surface area contributed by atoms with E-state index >= 15 is 0 Å². The van der Waals surface area contributed by atoms with E-state index in [2.05, 4.69) is 20.9 Å². The van der Waals surface area contributed by atoms with Crippen LogP contribution in [0, 0.1) is 5.82 Å². The van der Waals surface area contributed by atoms with E-state index in [1.807, 2.05) is 19.1 Å². The molecule has 0 saturated carbocycles. The molecule has 2 amide bonds. The highest BCUT2D eigenvalue weighted by Crippen LogP contribution is 2.14. The molecule has 3 rings (SSSR count). The van der Waals surface area contributed by atoms with Crippen molar-refractivity contribution in [1.29, 1.82) is 0 Å². The first-order valence-corrected chi connectivity index (χ1v) is 8.61. The van der Waals surface area contributed by atoms with Gasteiger partial charge in [0.15, 0.2) is 11.5 Å². The summed E-state index contributed by atoms with van der Waals surface area (Å²) in [5.41, 5.74) is 7.80. The van der Waals surface area contributed by atoms with Crippen LogP contribution in [-0.2, 0) is 17.8 Å². The Labute approximate surface area is 160 Å². The third-order valence-corrected chi connectivity index (χ3v) is 4.01. The number of halogens is 1. The fourth-order valence-electron chi connectivity index (χ4n) is 2.52. The zero-order valence-electron chi connectivity index (χ0n) is 15.1. The summed E-state index contributed by atoms with van der Waals surface area (Å²) in [4.78, 5) is 24.5. The van der Waals surface area contributed by atoms with Crippen molar-refractivity contribution in [3.05, 3.63) is 65.6 Å². The fraction of sp³-hybridized carbons (Fsp3) is 0.158. The van der Waals surface area contributed by atoms with Crippen LogP contribution in [0.5, 0.6) is 0 Å². The van der Waals surface area contributed by atoms with E-state index in [0.29, 0.717) is 5.69 Å². The number of nitrogen functional groups attached to an aromatic ring is 1. The van der Waals surface area contributed by atoms with Gasteiger partial charge in [0.1, 0.15) is 12.4 Å². The molecule has 0 aliphatic rings. The number of aromatic nitrogens is 3. The van der Waals surface area contributed by atoms with Crippen LogP contribution in [0.15, 0.2) is 48.5 Å². The van der Waals surface area contributed by atoms with E-state index in [1.54, 1.807) is 12.1 Å². The van der Waals surface area contributed by atoms with E-state index in [9.17, 15) is 14.0 Å². The van der Waals surface area contributed by atoms with Crippen LogP contribution in [0.4, 0.5) is 21.6 Å². The molecule has 0 unspecified atom stereocenters. The lowest BCUT2D eigenvalue weighted by Gasteiger charge is -2.07. The van der Waals surface area contributed by atoms with Crippen LogP contribution in [0.3, 0.4) is 0 Å². The smallest absolute Gasteiger partial charge is 0.280 e. The van der Waals surface area contributed by atoms with Crippen molar-refractivity contribution >= 4 is 29.0 Å². The molecule has 3 aromatic rings. The fourth-order valence-corrected chi connectivity index (χ4v) is 2.52. The Hall–Kier alpha value is -3.75. The third kappa shape index (κ3) is 4.50. The Balaban J connectivity index is 1.64. The molecule has 0 bridgehead atoms. The lowest BCUT2D eigenvalue weighted by atomic mass is 10.1. The molecule has 0 spiro atoms. The molecule has 144 valence electrons. The molecule has 0 radical (unpaired) electrons. The van der Waals surface area contributed by atoms with Crippen LogP contribution in [0.25, 0.3) is 0 Å². The Morgan fingerprint density at radius 3 is 2.54 bits per heavy atom. The SMILES string of the molecule is CCc1ccc(NC(=O)Cn2nnc(C(=O)Nc3cccc(F)c3)c2N)cc1. The van der Waals surface area contributed by atoms with Crippen molar-refractivity contribution in [3.8, 4) is 0 Å². The highest BCUT2D eigenvalue weighted by Gasteiger charge is 2.19. The average Bonchev–Trinajstić information content (AvgIpc) is 3.03. The molecule has 9 heteroatoms. The summed E-state index contributed by atoms with van der Waals surface area (Å²) >= 11 is 0. The maximum atomic E-state index is 13.2. The predicted molar refractivity (Wildman–Crippen MR) is 103 cm³/mol. The highest BCUT2D eigenvalue weighted by molar-refractivity contribution is 6.05. The first-order chi connectivity index (χ1) is 13.5. The monoisotopic (exact) mass is 382 g/mol. The van der Waals surface area contributed by atoms with E-state index in [4.69, 9.17) is 5.73 Å². The minimum atomic E-state index is -0.648. The first-order valence-electron chi connectivity index (χ1n) is 8.61. The number of nitrogens with two attached hydrogens (primary N) is 1. The summed E-state index contributed by atoms with van der Waals surface area (Å²) < 4.78 is 14.3. The average molecular weight is 382 g/mol. The standard InChI is InChI=1S/C19H19FN6O2/c1-2-12-6-8-14(9-7-12)22-16(27)11-26-18(21)17(24-25-26)19(28)23-15-5-3-4-13(20)10-15/h3-10H,2,11,21H2,1H3,(H,22,27)(H,23,28). The number of anilines is 3. The van der Waals surface area contributed by atoms with Crippen LogP contribution in [0.1, 0.15) is 23.0 Å². The zero-order valence-corrected chi connectivity index (χ0v) is 15.1. The van der Waals surface area contributed by atoms with Gasteiger partial charge in [0.25, 0.3) is 5.91 Å². The number of carbonyl (C=O) groups excluding carboxylic acids is 2. The largest absolute Gasteiger partial charge is 0.382 e. The van der Waals surface area contributed by atoms with Gasteiger partial charge in [-0.1, -0.05) is 30.3 Å². The lowest BCUT2D eigenvalue weighted by Crippen LogP contribution is -2.21. The second kappa shape index (κ2) is 8.30. The number of aryl methyl sites for hydroxylation is 1. The number of carbonyl (C=O) groups is 2. The summed E-state index contributed by atoms with van der Waals surface area (Å²) in [6.45, 7) is 1.84. The summed E-state index contributed by atoms with van der Waals surface area (Å²) in [5.74, 6) is -1.56. The van der Waals surface area contributed by atoms with Crippen LogP contribution < -0.4 is 16.4 Å². The summed E-state index contributed by atoms with van der Waals surface area (Å²) in [6.07, 6.45) is 0.907. The molecule has 28 heavy (non-hydrogen) atoms. The molecular formula is C19H19FN6O2. The summed E-state index contributed by atoms with van der Waals surface area (Å²) in [6, 6.07) is 12.9. The molecule has 0 saturated heterocycles. The maximum absolute atomic E-state index is 13.2. The minimum absolute atomic E-state index is 0.0645. The third-order valence-electron chi connectivity index (χ3n) is 4.01. The van der Waals surface area contributed by atoms with Gasteiger partial charge in [0.2, 0.25) is 5.91 Å². The number of rotatable bonds is 6.